The summed E-state index contributed by atoms with van der Waals surface area (Å²) in [6.45, 7) is 0. The lowest BCUT2D eigenvalue weighted by atomic mass is 9.78. The summed E-state index contributed by atoms with van der Waals surface area (Å²) < 4.78 is 11.0. The van der Waals surface area contributed by atoms with Crippen molar-refractivity contribution in [1.82, 2.24) is 0 Å². The Balaban J connectivity index is 1.64. The second-order valence-electron chi connectivity index (χ2n) is 8.48. The number of Topliss-reactive ketones (excluding diaryl/α,β-unsaturated/α-hetero) is 1. The van der Waals surface area contributed by atoms with Gasteiger partial charge in [-0.15, -0.1) is 0 Å². The van der Waals surface area contributed by atoms with E-state index in [2.05, 4.69) is 10.6 Å². The third-order valence-corrected chi connectivity index (χ3v) is 6.72. The Bertz CT molecular complexity index is 1300. The molecule has 2 aliphatic rings. The quantitative estimate of drug-likeness (QED) is 0.426. The molecule has 0 aromatic heterocycles. The molecule has 3 aromatic carbocycles. The van der Waals surface area contributed by atoms with Crippen LogP contribution in [-0.2, 0) is 4.79 Å². The summed E-state index contributed by atoms with van der Waals surface area (Å²) in [4.78, 5) is 13.7. The van der Waals surface area contributed by atoms with Crippen molar-refractivity contribution < 1.29 is 19.4 Å². The van der Waals surface area contributed by atoms with Gasteiger partial charge < -0.3 is 25.2 Å². The number of phenolic OH excluding ortho intramolecular Hbond substituents is 1. The van der Waals surface area contributed by atoms with E-state index in [1.807, 2.05) is 42.5 Å². The highest BCUT2D eigenvalue weighted by Gasteiger charge is 2.37. The molecule has 1 aliphatic carbocycles. The van der Waals surface area contributed by atoms with Gasteiger partial charge in [-0.1, -0.05) is 23.7 Å². The lowest BCUT2D eigenvalue weighted by Gasteiger charge is -2.30. The molecule has 7 heteroatoms. The molecule has 0 radical (unpaired) electrons. The molecule has 0 bridgehead atoms. The maximum absolute atomic E-state index is 13.7. The number of halogens is 1. The first-order valence-electron chi connectivity index (χ1n) is 11.1. The minimum absolute atomic E-state index is 0.00620. The fourth-order valence-electron chi connectivity index (χ4n) is 4.86. The number of para-hydroxylation sites is 2. The van der Waals surface area contributed by atoms with Gasteiger partial charge in [-0.05, 0) is 55.0 Å². The maximum Gasteiger partial charge on any atom is 0.163 e. The van der Waals surface area contributed by atoms with E-state index in [9.17, 15) is 9.90 Å². The van der Waals surface area contributed by atoms with E-state index in [4.69, 9.17) is 21.1 Å². The summed E-state index contributed by atoms with van der Waals surface area (Å²) in [5, 5.41) is 18.1. The Labute approximate surface area is 203 Å². The molecule has 1 heterocycles. The number of phenols is 1. The molecule has 3 N–H and O–H groups in total. The molecule has 174 valence electrons. The Hall–Kier alpha value is -3.64. The monoisotopic (exact) mass is 476 g/mol. The molecule has 0 spiro atoms. The van der Waals surface area contributed by atoms with E-state index in [1.54, 1.807) is 32.4 Å². The van der Waals surface area contributed by atoms with Crippen molar-refractivity contribution >= 4 is 28.8 Å². The Morgan fingerprint density at radius 1 is 0.941 bits per heavy atom. The van der Waals surface area contributed by atoms with Crippen LogP contribution < -0.4 is 20.1 Å². The summed E-state index contributed by atoms with van der Waals surface area (Å²) in [6.07, 6.45) is 0.901. The van der Waals surface area contributed by atoms with Crippen molar-refractivity contribution in [3.63, 3.8) is 0 Å². The summed E-state index contributed by atoms with van der Waals surface area (Å²) in [5.41, 5.74) is 4.61. The number of carbonyl (C=O) groups excluding carboxylic acids is 1. The largest absolute Gasteiger partial charge is 0.508 e. The number of nitrogens with one attached hydrogen (secondary N) is 2. The van der Waals surface area contributed by atoms with Gasteiger partial charge >= 0.3 is 0 Å². The molecule has 2 unspecified atom stereocenters. The lowest BCUT2D eigenvalue weighted by Crippen LogP contribution is -2.27. The number of hydrogen-bond acceptors (Lipinski definition) is 6. The van der Waals surface area contributed by atoms with Crippen LogP contribution in [-0.4, -0.2) is 25.1 Å². The molecular weight excluding hydrogens is 452 g/mol. The second-order valence-corrected chi connectivity index (χ2v) is 8.92. The Morgan fingerprint density at radius 2 is 1.74 bits per heavy atom. The summed E-state index contributed by atoms with van der Waals surface area (Å²) >= 11 is 6.27. The van der Waals surface area contributed by atoms with E-state index < -0.39 is 6.04 Å². The predicted octanol–water partition coefficient (Wildman–Crippen LogP) is 6.04. The molecule has 2 atom stereocenters. The van der Waals surface area contributed by atoms with E-state index in [0.29, 0.717) is 34.8 Å². The van der Waals surface area contributed by atoms with Crippen molar-refractivity contribution in [3.05, 3.63) is 88.1 Å². The van der Waals surface area contributed by atoms with Crippen molar-refractivity contribution in [2.24, 2.45) is 0 Å². The van der Waals surface area contributed by atoms with Crippen LogP contribution in [0.2, 0.25) is 5.02 Å². The Morgan fingerprint density at radius 3 is 2.50 bits per heavy atom. The van der Waals surface area contributed by atoms with Crippen LogP contribution in [0.3, 0.4) is 0 Å². The summed E-state index contributed by atoms with van der Waals surface area (Å²) in [6, 6.07) is 17.8. The average Bonchev–Trinajstić information content (AvgIpc) is 3.01. The number of aromatic hydroxyl groups is 1. The smallest absolute Gasteiger partial charge is 0.163 e. The van der Waals surface area contributed by atoms with Gasteiger partial charge in [0.25, 0.3) is 0 Å². The van der Waals surface area contributed by atoms with E-state index in [1.165, 1.54) is 0 Å². The summed E-state index contributed by atoms with van der Waals surface area (Å²) in [7, 11) is 3.25. The fraction of sp³-hybridized carbons (Fsp3) is 0.222. The van der Waals surface area contributed by atoms with Crippen molar-refractivity contribution in [1.29, 1.82) is 0 Å². The molecular formula is C27H25ClN2O4. The van der Waals surface area contributed by atoms with Gasteiger partial charge in [0, 0.05) is 39.8 Å². The molecule has 0 fully saturated rings. The standard InChI is InChI=1S/C27H25ClN2O4/c1-33-17-8-10-25(34-2)18(14-17)15-11-22-26(24(32)12-15)27(19-13-16(28)7-9-23(19)31)30-21-6-4-3-5-20(21)29-22/h3-10,13-15,27,29-31H,11-12H2,1-2H3. The molecule has 5 rings (SSSR count). The Kier molecular flexibility index (Phi) is 5.84. The first-order chi connectivity index (χ1) is 16.5. The normalized spacial score (nSPS) is 19.3. The van der Waals surface area contributed by atoms with E-state index >= 15 is 0 Å². The first kappa shape index (κ1) is 22.2. The van der Waals surface area contributed by atoms with Crippen LogP contribution in [0.5, 0.6) is 17.2 Å². The van der Waals surface area contributed by atoms with Gasteiger partial charge in [0.1, 0.15) is 17.2 Å². The number of methoxy groups -OCH3 is 2. The number of fused-ring (bicyclic) bond motifs is 1. The van der Waals surface area contributed by atoms with Crippen LogP contribution in [0.4, 0.5) is 11.4 Å². The highest BCUT2D eigenvalue weighted by molar-refractivity contribution is 6.30. The van der Waals surface area contributed by atoms with Crippen LogP contribution >= 0.6 is 11.6 Å². The van der Waals surface area contributed by atoms with Crippen LogP contribution in [0.25, 0.3) is 0 Å². The van der Waals surface area contributed by atoms with E-state index in [0.717, 1.165) is 28.4 Å². The number of anilines is 2. The number of hydrogen-bond donors (Lipinski definition) is 3. The SMILES string of the molecule is COc1ccc(OC)c(C2CC(=O)C3=C(C2)Nc2ccccc2NC3c2cc(Cl)ccc2O)c1. The second kappa shape index (κ2) is 8.95. The maximum atomic E-state index is 13.7. The molecule has 1 aliphatic heterocycles. The molecule has 0 saturated heterocycles. The number of ketones is 1. The first-order valence-corrected chi connectivity index (χ1v) is 11.5. The minimum atomic E-state index is -0.550. The lowest BCUT2D eigenvalue weighted by molar-refractivity contribution is -0.116. The van der Waals surface area contributed by atoms with Gasteiger partial charge in [-0.2, -0.15) is 0 Å². The number of ether oxygens (including phenoxy) is 2. The van der Waals surface area contributed by atoms with Crippen LogP contribution in [0, 0.1) is 0 Å². The number of carbonyl (C=O) groups is 1. The highest BCUT2D eigenvalue weighted by Crippen LogP contribution is 2.47. The number of benzene rings is 3. The number of allylic oxidation sites excluding steroid dienone is 1. The van der Waals surface area contributed by atoms with Gasteiger partial charge in [0.05, 0.1) is 31.6 Å². The highest BCUT2D eigenvalue weighted by atomic mass is 35.5. The zero-order chi connectivity index (χ0) is 23.8. The third kappa shape index (κ3) is 3.94. The predicted molar refractivity (Wildman–Crippen MR) is 133 cm³/mol. The van der Waals surface area contributed by atoms with Crippen molar-refractivity contribution in [2.75, 3.05) is 24.9 Å². The molecule has 3 aromatic rings. The van der Waals surface area contributed by atoms with E-state index in [-0.39, 0.29) is 17.5 Å². The van der Waals surface area contributed by atoms with Crippen molar-refractivity contribution in [2.45, 2.75) is 24.8 Å². The third-order valence-electron chi connectivity index (χ3n) is 6.49. The van der Waals surface area contributed by atoms with Crippen LogP contribution in [0.1, 0.15) is 35.9 Å². The van der Waals surface area contributed by atoms with Gasteiger partial charge in [0.2, 0.25) is 0 Å². The van der Waals surface area contributed by atoms with Gasteiger partial charge in [-0.3, -0.25) is 4.79 Å². The van der Waals surface area contributed by atoms with Crippen LogP contribution in [0.15, 0.2) is 71.9 Å². The number of rotatable bonds is 4. The fourth-order valence-corrected chi connectivity index (χ4v) is 5.04. The van der Waals surface area contributed by atoms with Crippen molar-refractivity contribution in [3.8, 4) is 17.2 Å². The average molecular weight is 477 g/mol. The molecule has 6 nitrogen and oxygen atoms in total. The zero-order valence-electron chi connectivity index (χ0n) is 18.9. The van der Waals surface area contributed by atoms with Gasteiger partial charge in [0.15, 0.2) is 5.78 Å². The zero-order valence-corrected chi connectivity index (χ0v) is 19.6. The molecule has 0 saturated carbocycles. The minimum Gasteiger partial charge on any atom is -0.508 e. The molecule has 0 amide bonds. The molecule has 34 heavy (non-hydrogen) atoms. The topological polar surface area (TPSA) is 79.8 Å². The van der Waals surface area contributed by atoms with Gasteiger partial charge in [-0.25, -0.2) is 0 Å². The summed E-state index contributed by atoms with van der Waals surface area (Å²) in [5.74, 6) is 1.41.